The average molecular weight is 181 g/mol. The summed E-state index contributed by atoms with van der Waals surface area (Å²) in [5.74, 6) is 1.11. The van der Waals surface area contributed by atoms with Crippen LogP contribution >= 0.6 is 0 Å². The van der Waals surface area contributed by atoms with Gasteiger partial charge in [0.05, 0.1) is 0 Å². The Labute approximate surface area is 77.3 Å². The van der Waals surface area contributed by atoms with Crippen molar-refractivity contribution in [3.05, 3.63) is 35.9 Å². The highest BCUT2D eigenvalue weighted by Gasteiger charge is 2.15. The SMILES string of the molecule is CCC(C[S+]=O)c1ccccc1. The summed E-state index contributed by atoms with van der Waals surface area (Å²) in [6.45, 7) is 2.12. The second-order valence-electron chi connectivity index (χ2n) is 2.80. The van der Waals surface area contributed by atoms with Crippen LogP contribution in [0.25, 0.3) is 0 Å². The third kappa shape index (κ3) is 2.38. The van der Waals surface area contributed by atoms with Crippen LogP contribution in [0.15, 0.2) is 30.3 Å². The number of hydrogen-bond acceptors (Lipinski definition) is 1. The van der Waals surface area contributed by atoms with E-state index >= 15 is 0 Å². The summed E-state index contributed by atoms with van der Waals surface area (Å²) in [6, 6.07) is 10.2. The molecule has 0 spiro atoms. The van der Waals surface area contributed by atoms with Crippen molar-refractivity contribution < 1.29 is 4.21 Å². The Morgan fingerprint density at radius 1 is 1.33 bits per heavy atom. The molecule has 0 radical (unpaired) electrons. The van der Waals surface area contributed by atoms with E-state index in [1.54, 1.807) is 0 Å². The summed E-state index contributed by atoms with van der Waals surface area (Å²) >= 11 is 0.679. The van der Waals surface area contributed by atoms with Crippen molar-refractivity contribution in [1.29, 1.82) is 0 Å². The van der Waals surface area contributed by atoms with Crippen LogP contribution in [0.1, 0.15) is 24.8 Å². The average Bonchev–Trinajstić information content (AvgIpc) is 2.15. The third-order valence-electron chi connectivity index (χ3n) is 2.03. The molecule has 0 saturated heterocycles. The Kier molecular flexibility index (Phi) is 3.88. The molecular weight excluding hydrogens is 168 g/mol. The number of hydrogen-bond donors (Lipinski definition) is 0. The summed E-state index contributed by atoms with van der Waals surface area (Å²) in [5.41, 5.74) is 1.28. The van der Waals surface area contributed by atoms with Crippen LogP contribution in [-0.4, -0.2) is 5.75 Å². The van der Waals surface area contributed by atoms with Crippen molar-refractivity contribution in [2.75, 3.05) is 5.75 Å². The first-order valence-electron chi connectivity index (χ1n) is 4.18. The smallest absolute Gasteiger partial charge is 0.0646 e. The van der Waals surface area contributed by atoms with E-state index in [0.717, 1.165) is 6.42 Å². The fourth-order valence-electron chi connectivity index (χ4n) is 1.26. The van der Waals surface area contributed by atoms with Gasteiger partial charge in [-0.15, -0.1) is 0 Å². The maximum absolute atomic E-state index is 10.4. The van der Waals surface area contributed by atoms with Crippen molar-refractivity contribution >= 4 is 11.7 Å². The van der Waals surface area contributed by atoms with Crippen LogP contribution in [0.2, 0.25) is 0 Å². The Balaban J connectivity index is 2.72. The fourth-order valence-corrected chi connectivity index (χ4v) is 1.85. The van der Waals surface area contributed by atoms with E-state index in [1.165, 1.54) is 5.56 Å². The van der Waals surface area contributed by atoms with Gasteiger partial charge >= 0.3 is 11.7 Å². The maximum Gasteiger partial charge on any atom is 0.459 e. The van der Waals surface area contributed by atoms with Crippen molar-refractivity contribution in [3.8, 4) is 0 Å². The summed E-state index contributed by atoms with van der Waals surface area (Å²) in [5, 5.41) is 0. The molecule has 64 valence electrons. The molecule has 0 fully saturated rings. The van der Waals surface area contributed by atoms with Gasteiger partial charge in [0, 0.05) is 10.1 Å². The van der Waals surface area contributed by atoms with Crippen LogP contribution in [-0.2, 0) is 15.9 Å². The van der Waals surface area contributed by atoms with Gasteiger partial charge in [-0.2, -0.15) is 0 Å². The van der Waals surface area contributed by atoms with Gasteiger partial charge in [0.2, 0.25) is 5.75 Å². The van der Waals surface area contributed by atoms with Gasteiger partial charge in [-0.05, 0) is 12.0 Å². The molecule has 2 heteroatoms. The number of rotatable bonds is 4. The second kappa shape index (κ2) is 4.99. The molecule has 1 rings (SSSR count). The van der Waals surface area contributed by atoms with Crippen molar-refractivity contribution in [1.82, 2.24) is 0 Å². The van der Waals surface area contributed by atoms with E-state index < -0.39 is 0 Å². The van der Waals surface area contributed by atoms with Gasteiger partial charge in [-0.25, -0.2) is 0 Å². The predicted molar refractivity (Wildman–Crippen MR) is 52.4 cm³/mol. The predicted octanol–water partition coefficient (Wildman–Crippen LogP) is 2.61. The molecule has 1 atom stereocenters. The highest BCUT2D eigenvalue weighted by atomic mass is 32.1. The lowest BCUT2D eigenvalue weighted by Crippen LogP contribution is -2.01. The first-order valence-corrected chi connectivity index (χ1v) is 5.09. The summed E-state index contributed by atoms with van der Waals surface area (Å²) in [6.07, 6.45) is 1.04. The van der Waals surface area contributed by atoms with Crippen molar-refractivity contribution in [3.63, 3.8) is 0 Å². The maximum atomic E-state index is 10.4. The van der Waals surface area contributed by atoms with E-state index in [2.05, 4.69) is 19.1 Å². The van der Waals surface area contributed by atoms with Crippen LogP contribution in [0, 0.1) is 0 Å². The molecule has 0 saturated carbocycles. The van der Waals surface area contributed by atoms with E-state index in [-0.39, 0.29) is 0 Å². The second-order valence-corrected chi connectivity index (χ2v) is 3.37. The third-order valence-corrected chi connectivity index (χ3v) is 2.57. The largest absolute Gasteiger partial charge is 0.459 e. The normalized spacial score (nSPS) is 12.4. The Morgan fingerprint density at radius 2 is 2.00 bits per heavy atom. The van der Waals surface area contributed by atoms with Crippen molar-refractivity contribution in [2.24, 2.45) is 0 Å². The highest BCUT2D eigenvalue weighted by Crippen LogP contribution is 2.18. The summed E-state index contributed by atoms with van der Waals surface area (Å²) in [4.78, 5) is 0. The van der Waals surface area contributed by atoms with Crippen LogP contribution in [0.4, 0.5) is 0 Å². The van der Waals surface area contributed by atoms with E-state index in [9.17, 15) is 4.21 Å². The van der Waals surface area contributed by atoms with Crippen LogP contribution in [0.3, 0.4) is 0 Å². The molecule has 12 heavy (non-hydrogen) atoms. The Hall–Kier alpha value is -0.760. The first kappa shape index (κ1) is 9.33. The molecule has 1 nitrogen and oxygen atoms in total. The standard InChI is InChI=1S/C10H13OS/c1-2-9(8-12-11)10-6-4-3-5-7-10/h3-7,9H,2,8H2,1H3/q+1. The molecule has 0 aromatic heterocycles. The summed E-state index contributed by atoms with van der Waals surface area (Å²) in [7, 11) is 0. The molecule has 0 heterocycles. The molecule has 1 aromatic rings. The quantitative estimate of drug-likeness (QED) is 0.652. The summed E-state index contributed by atoms with van der Waals surface area (Å²) < 4.78 is 10.4. The highest BCUT2D eigenvalue weighted by molar-refractivity contribution is 7.65. The Bertz CT molecular complexity index is 233. The lowest BCUT2D eigenvalue weighted by Gasteiger charge is -2.05. The van der Waals surface area contributed by atoms with Gasteiger partial charge in [0.1, 0.15) is 0 Å². The van der Waals surface area contributed by atoms with E-state index in [0.29, 0.717) is 23.3 Å². The molecule has 0 bridgehead atoms. The van der Waals surface area contributed by atoms with Crippen LogP contribution in [0.5, 0.6) is 0 Å². The fraction of sp³-hybridized carbons (Fsp3) is 0.400. The molecule has 0 aliphatic rings. The first-order chi connectivity index (χ1) is 5.88. The minimum atomic E-state index is 0.425. The molecular formula is C10H13OS+. The van der Waals surface area contributed by atoms with Gasteiger partial charge in [0.15, 0.2) is 0 Å². The molecule has 0 amide bonds. The Morgan fingerprint density at radius 3 is 2.50 bits per heavy atom. The molecule has 0 aliphatic heterocycles. The lowest BCUT2D eigenvalue weighted by molar-refractivity contribution is 0.599. The van der Waals surface area contributed by atoms with Crippen LogP contribution < -0.4 is 0 Å². The molecule has 1 aromatic carbocycles. The minimum absolute atomic E-state index is 0.425. The lowest BCUT2D eigenvalue weighted by atomic mass is 9.99. The monoisotopic (exact) mass is 181 g/mol. The zero-order valence-corrected chi connectivity index (χ0v) is 8.01. The molecule has 0 aliphatic carbocycles. The zero-order chi connectivity index (χ0) is 8.81. The zero-order valence-electron chi connectivity index (χ0n) is 7.19. The molecule has 0 N–H and O–H groups in total. The van der Waals surface area contributed by atoms with E-state index in [1.807, 2.05) is 18.2 Å². The minimum Gasteiger partial charge on any atom is -0.0646 e. The van der Waals surface area contributed by atoms with Gasteiger partial charge in [-0.1, -0.05) is 37.3 Å². The van der Waals surface area contributed by atoms with Crippen molar-refractivity contribution in [2.45, 2.75) is 19.3 Å². The van der Waals surface area contributed by atoms with Gasteiger partial charge < -0.3 is 0 Å². The number of benzene rings is 1. The van der Waals surface area contributed by atoms with Gasteiger partial charge in [0.25, 0.3) is 0 Å². The van der Waals surface area contributed by atoms with Gasteiger partial charge in [-0.3, -0.25) is 0 Å². The topological polar surface area (TPSA) is 17.1 Å². The van der Waals surface area contributed by atoms with E-state index in [4.69, 9.17) is 0 Å². The molecule has 1 unspecified atom stereocenters.